The Morgan fingerprint density at radius 3 is 2.41 bits per heavy atom. The minimum absolute atomic E-state index is 0.0587. The van der Waals surface area contributed by atoms with E-state index in [1.54, 1.807) is 20.9 Å². The molecular weight excluding hydrogens is 282 g/mol. The summed E-state index contributed by atoms with van der Waals surface area (Å²) in [7, 11) is 1.69. The summed E-state index contributed by atoms with van der Waals surface area (Å²) in [5, 5.41) is 0. The summed E-state index contributed by atoms with van der Waals surface area (Å²) in [5.74, 6) is -0.146. The van der Waals surface area contributed by atoms with Crippen molar-refractivity contribution in [3.63, 3.8) is 0 Å². The van der Waals surface area contributed by atoms with E-state index in [9.17, 15) is 9.59 Å². The predicted molar refractivity (Wildman–Crippen MR) is 82.5 cm³/mol. The number of carbonyl (C=O) groups is 2. The molecule has 0 radical (unpaired) electrons. The molecule has 0 aromatic heterocycles. The molecule has 1 aliphatic rings. The number of hydrogen-bond acceptors (Lipinski definition) is 4. The Kier molecular flexibility index (Phi) is 5.06. The van der Waals surface area contributed by atoms with E-state index in [2.05, 4.69) is 0 Å². The Balaban J connectivity index is 2.14. The van der Waals surface area contributed by atoms with Gasteiger partial charge >= 0.3 is 12.1 Å². The van der Waals surface area contributed by atoms with Crippen molar-refractivity contribution < 1.29 is 19.1 Å². The third-order valence-corrected chi connectivity index (χ3v) is 4.11. The highest BCUT2D eigenvalue weighted by Gasteiger charge is 2.62. The van der Waals surface area contributed by atoms with Gasteiger partial charge < -0.3 is 14.4 Å². The fraction of sp³-hybridized carbons (Fsp3) is 0.529. The first kappa shape index (κ1) is 16.3. The Hall–Kier alpha value is -2.04. The summed E-state index contributed by atoms with van der Waals surface area (Å²) in [6.07, 6.45) is 0.333. The van der Waals surface area contributed by atoms with Crippen LogP contribution in [-0.4, -0.2) is 43.8 Å². The Morgan fingerprint density at radius 2 is 1.82 bits per heavy atom. The molecule has 5 heteroatoms. The molecule has 2 unspecified atom stereocenters. The Labute approximate surface area is 131 Å². The number of hydrogen-bond donors (Lipinski definition) is 0. The van der Waals surface area contributed by atoms with Gasteiger partial charge in [0.2, 0.25) is 0 Å². The molecule has 1 amide bonds. The summed E-state index contributed by atoms with van der Waals surface area (Å²) >= 11 is 0. The molecule has 0 N–H and O–H groups in total. The number of esters is 1. The van der Waals surface area contributed by atoms with Crippen LogP contribution in [0.4, 0.5) is 4.79 Å². The zero-order valence-electron chi connectivity index (χ0n) is 13.4. The molecule has 1 aliphatic carbocycles. The summed E-state index contributed by atoms with van der Waals surface area (Å²) < 4.78 is 10.3. The van der Waals surface area contributed by atoms with Crippen molar-refractivity contribution in [1.29, 1.82) is 0 Å². The van der Waals surface area contributed by atoms with Gasteiger partial charge in [-0.2, -0.15) is 0 Å². The van der Waals surface area contributed by atoms with E-state index in [0.717, 1.165) is 5.56 Å². The van der Waals surface area contributed by atoms with E-state index in [-0.39, 0.29) is 18.0 Å². The van der Waals surface area contributed by atoms with Gasteiger partial charge in [0.15, 0.2) is 0 Å². The minimum atomic E-state index is -0.627. The molecule has 0 spiro atoms. The maximum Gasteiger partial charge on any atom is 0.409 e. The van der Waals surface area contributed by atoms with Crippen molar-refractivity contribution in [3.8, 4) is 0 Å². The molecule has 0 saturated heterocycles. The molecule has 120 valence electrons. The van der Waals surface area contributed by atoms with E-state index in [1.807, 2.05) is 30.3 Å². The van der Waals surface area contributed by atoms with Gasteiger partial charge in [-0.25, -0.2) is 4.79 Å². The standard InChI is InChI=1S/C17H23NO4/c1-4-21-15(19)17(13-9-7-6-8-10-13)11-14(17)12-18(3)16(20)22-5-2/h6-10,14H,4-5,11-12H2,1-3H3. The average Bonchev–Trinajstić information content (AvgIpc) is 3.24. The number of carbonyl (C=O) groups excluding carboxylic acids is 2. The van der Waals surface area contributed by atoms with Crippen LogP contribution < -0.4 is 0 Å². The Morgan fingerprint density at radius 1 is 1.18 bits per heavy atom. The van der Waals surface area contributed by atoms with E-state index in [4.69, 9.17) is 9.47 Å². The summed E-state index contributed by atoms with van der Waals surface area (Å²) in [6.45, 7) is 4.75. The molecule has 1 fully saturated rings. The Bertz CT molecular complexity index is 531. The third kappa shape index (κ3) is 3.08. The highest BCUT2D eigenvalue weighted by atomic mass is 16.6. The van der Waals surface area contributed by atoms with Crippen molar-refractivity contribution in [2.45, 2.75) is 25.7 Å². The number of rotatable bonds is 6. The molecule has 0 heterocycles. The van der Waals surface area contributed by atoms with Gasteiger partial charge in [-0.15, -0.1) is 0 Å². The van der Waals surface area contributed by atoms with Gasteiger partial charge in [0.05, 0.1) is 18.6 Å². The van der Waals surface area contributed by atoms with Crippen LogP contribution in [0.1, 0.15) is 25.8 Å². The van der Waals surface area contributed by atoms with Crippen LogP contribution in [0, 0.1) is 5.92 Å². The second-order valence-electron chi connectivity index (χ2n) is 5.54. The quantitative estimate of drug-likeness (QED) is 0.758. The lowest BCUT2D eigenvalue weighted by molar-refractivity contribution is -0.146. The first-order valence-corrected chi connectivity index (χ1v) is 7.66. The maximum atomic E-state index is 12.5. The highest BCUT2D eigenvalue weighted by molar-refractivity contribution is 5.87. The SMILES string of the molecule is CCOC(=O)N(C)CC1CC1(C(=O)OCC)c1ccccc1. The monoisotopic (exact) mass is 305 g/mol. The normalized spacial score (nSPS) is 22.8. The second-order valence-corrected chi connectivity index (χ2v) is 5.54. The lowest BCUT2D eigenvalue weighted by Crippen LogP contribution is -2.33. The lowest BCUT2D eigenvalue weighted by atomic mass is 9.93. The van der Waals surface area contributed by atoms with Gasteiger partial charge in [0, 0.05) is 13.6 Å². The molecule has 0 aliphatic heterocycles. The van der Waals surface area contributed by atoms with Crippen molar-refractivity contribution in [2.24, 2.45) is 5.92 Å². The van der Waals surface area contributed by atoms with Gasteiger partial charge in [-0.3, -0.25) is 4.79 Å². The third-order valence-electron chi connectivity index (χ3n) is 4.11. The largest absolute Gasteiger partial charge is 0.465 e. The number of benzene rings is 1. The predicted octanol–water partition coefficient (Wildman–Crippen LogP) is 2.60. The fourth-order valence-corrected chi connectivity index (χ4v) is 2.91. The van der Waals surface area contributed by atoms with Crippen LogP contribution >= 0.6 is 0 Å². The zero-order valence-corrected chi connectivity index (χ0v) is 13.4. The molecule has 2 atom stereocenters. The van der Waals surface area contributed by atoms with Crippen LogP contribution in [0.3, 0.4) is 0 Å². The molecule has 5 nitrogen and oxygen atoms in total. The van der Waals surface area contributed by atoms with Crippen molar-refractivity contribution in [1.82, 2.24) is 4.90 Å². The van der Waals surface area contributed by atoms with Crippen LogP contribution in [0.5, 0.6) is 0 Å². The van der Waals surface area contributed by atoms with Crippen LogP contribution in [0.2, 0.25) is 0 Å². The number of ether oxygens (including phenoxy) is 2. The van der Waals surface area contributed by atoms with Crippen LogP contribution in [0.25, 0.3) is 0 Å². The first-order valence-electron chi connectivity index (χ1n) is 7.66. The van der Waals surface area contributed by atoms with Gasteiger partial charge in [-0.05, 0) is 31.7 Å². The molecule has 0 bridgehead atoms. The van der Waals surface area contributed by atoms with Gasteiger partial charge in [0.1, 0.15) is 0 Å². The zero-order chi connectivity index (χ0) is 16.2. The van der Waals surface area contributed by atoms with Crippen LogP contribution in [0.15, 0.2) is 30.3 Å². The first-order chi connectivity index (χ1) is 10.6. The molecule has 1 aromatic carbocycles. The summed E-state index contributed by atoms with van der Waals surface area (Å²) in [6, 6.07) is 9.65. The molecule has 2 rings (SSSR count). The maximum absolute atomic E-state index is 12.5. The number of amides is 1. The van der Waals surface area contributed by atoms with E-state index in [1.165, 1.54) is 4.90 Å². The highest BCUT2D eigenvalue weighted by Crippen LogP contribution is 2.55. The van der Waals surface area contributed by atoms with E-state index < -0.39 is 5.41 Å². The van der Waals surface area contributed by atoms with Gasteiger partial charge in [-0.1, -0.05) is 30.3 Å². The number of nitrogens with zero attached hydrogens (tertiary/aromatic N) is 1. The summed E-state index contributed by atoms with van der Waals surface area (Å²) in [5.41, 5.74) is 0.327. The minimum Gasteiger partial charge on any atom is -0.465 e. The molecular formula is C17H23NO4. The average molecular weight is 305 g/mol. The summed E-state index contributed by atoms with van der Waals surface area (Å²) in [4.78, 5) is 25.7. The second kappa shape index (κ2) is 6.81. The fourth-order valence-electron chi connectivity index (χ4n) is 2.91. The van der Waals surface area contributed by atoms with E-state index in [0.29, 0.717) is 26.2 Å². The van der Waals surface area contributed by atoms with Gasteiger partial charge in [0.25, 0.3) is 0 Å². The molecule has 1 aromatic rings. The smallest absolute Gasteiger partial charge is 0.409 e. The molecule has 22 heavy (non-hydrogen) atoms. The van der Waals surface area contributed by atoms with Crippen molar-refractivity contribution >= 4 is 12.1 Å². The van der Waals surface area contributed by atoms with Crippen molar-refractivity contribution in [3.05, 3.63) is 35.9 Å². The van der Waals surface area contributed by atoms with Crippen LogP contribution in [-0.2, 0) is 19.7 Å². The topological polar surface area (TPSA) is 55.8 Å². The van der Waals surface area contributed by atoms with E-state index >= 15 is 0 Å². The molecule has 1 saturated carbocycles. The van der Waals surface area contributed by atoms with Crippen molar-refractivity contribution in [2.75, 3.05) is 26.8 Å². The lowest BCUT2D eigenvalue weighted by Gasteiger charge is -2.20.